The molecule has 2 nitrogen and oxygen atoms in total. The molecule has 1 heterocycles. The Morgan fingerprint density at radius 3 is 2.44 bits per heavy atom. The van der Waals surface area contributed by atoms with Crippen LogP contribution in [0.15, 0.2) is 18.3 Å². The summed E-state index contributed by atoms with van der Waals surface area (Å²) in [6.07, 6.45) is 0.257. The second-order valence-electron chi connectivity index (χ2n) is 3.36. The Hall–Kier alpha value is 0.131. The standard InChI is InChI=1S/C9H9BF3N2.K/c1-7(5-14)9-3-2-8(6-15-9)4-10(11,12)13;/h2-3,6-7H,4H2,1H3;/q-1;+1. The van der Waals surface area contributed by atoms with E-state index in [-0.39, 0.29) is 56.9 Å². The zero-order valence-corrected chi connectivity index (χ0v) is 12.2. The van der Waals surface area contributed by atoms with Crippen LogP contribution in [0.1, 0.15) is 24.1 Å². The van der Waals surface area contributed by atoms with Gasteiger partial charge in [-0.05, 0) is 13.0 Å². The molecule has 1 rings (SSSR count). The van der Waals surface area contributed by atoms with Gasteiger partial charge in [0.15, 0.2) is 0 Å². The fraction of sp³-hybridized carbons (Fsp3) is 0.333. The average molecular weight is 252 g/mol. The van der Waals surface area contributed by atoms with E-state index in [2.05, 4.69) is 4.98 Å². The van der Waals surface area contributed by atoms with Gasteiger partial charge in [-0.3, -0.25) is 4.98 Å². The Balaban J connectivity index is 0.00000225. The summed E-state index contributed by atoms with van der Waals surface area (Å²) in [6.45, 7) is -3.17. The molecule has 1 unspecified atom stereocenters. The van der Waals surface area contributed by atoms with Crippen LogP contribution in [0.3, 0.4) is 0 Å². The molecular formula is C9H9BF3KN2. The van der Waals surface area contributed by atoms with Crippen LogP contribution in [0, 0.1) is 11.3 Å². The van der Waals surface area contributed by atoms with Gasteiger partial charge in [0.05, 0.1) is 17.7 Å². The first-order valence-corrected chi connectivity index (χ1v) is 4.48. The van der Waals surface area contributed by atoms with E-state index in [0.717, 1.165) is 0 Å². The molecule has 0 bridgehead atoms. The van der Waals surface area contributed by atoms with Gasteiger partial charge in [-0.2, -0.15) is 5.26 Å². The fourth-order valence-electron chi connectivity index (χ4n) is 1.15. The summed E-state index contributed by atoms with van der Waals surface area (Å²) in [5.41, 5.74) is 0.632. The van der Waals surface area contributed by atoms with Crippen molar-refractivity contribution in [2.75, 3.05) is 0 Å². The van der Waals surface area contributed by atoms with Crippen molar-refractivity contribution in [2.24, 2.45) is 0 Å². The van der Waals surface area contributed by atoms with Gasteiger partial charge in [0.2, 0.25) is 0 Å². The molecule has 0 saturated heterocycles. The van der Waals surface area contributed by atoms with Gasteiger partial charge >= 0.3 is 58.4 Å². The molecule has 0 fully saturated rings. The molecule has 0 aromatic carbocycles. The molecule has 1 atom stereocenters. The molecule has 1 aromatic heterocycles. The maximum atomic E-state index is 12.0. The molecule has 0 aliphatic rings. The van der Waals surface area contributed by atoms with E-state index < -0.39 is 19.2 Å². The third-order valence-corrected chi connectivity index (χ3v) is 1.95. The van der Waals surface area contributed by atoms with Gasteiger partial charge in [-0.1, -0.05) is 17.9 Å². The molecule has 0 spiro atoms. The van der Waals surface area contributed by atoms with Crippen LogP contribution in [0.2, 0.25) is 0 Å². The molecule has 1 aromatic rings. The van der Waals surface area contributed by atoms with Crippen LogP contribution in [0.4, 0.5) is 12.9 Å². The molecular weight excluding hydrogens is 243 g/mol. The zero-order valence-electron chi connectivity index (χ0n) is 9.12. The van der Waals surface area contributed by atoms with Crippen molar-refractivity contribution < 1.29 is 64.3 Å². The predicted molar refractivity (Wildman–Crippen MR) is 51.0 cm³/mol. The maximum Gasteiger partial charge on any atom is 1.00 e. The maximum absolute atomic E-state index is 12.0. The average Bonchev–Trinajstić information content (AvgIpc) is 2.15. The Morgan fingerprint density at radius 1 is 1.44 bits per heavy atom. The summed E-state index contributed by atoms with van der Waals surface area (Å²) in [6, 6.07) is 4.80. The fourth-order valence-corrected chi connectivity index (χ4v) is 1.15. The molecule has 0 radical (unpaired) electrons. The number of nitriles is 1. The van der Waals surface area contributed by atoms with Crippen LogP contribution in [-0.2, 0) is 6.32 Å². The SMILES string of the molecule is CC(C#N)c1ccc(C[B-](F)(F)F)cn1.[K+]. The molecule has 7 heteroatoms. The Bertz CT molecular complexity index is 372. The van der Waals surface area contributed by atoms with Crippen molar-refractivity contribution in [1.29, 1.82) is 5.26 Å². The molecule has 0 aliphatic carbocycles. The first-order valence-electron chi connectivity index (χ1n) is 4.48. The van der Waals surface area contributed by atoms with Crippen LogP contribution < -0.4 is 51.4 Å². The summed E-state index contributed by atoms with van der Waals surface area (Å²) in [5, 5.41) is 8.58. The third kappa shape index (κ3) is 5.46. The molecule has 0 saturated carbocycles. The number of nitrogens with zero attached hydrogens (tertiary/aromatic N) is 2. The van der Waals surface area contributed by atoms with Crippen LogP contribution in [0.25, 0.3) is 0 Å². The molecule has 0 amide bonds. The first-order chi connectivity index (χ1) is 6.92. The topological polar surface area (TPSA) is 36.7 Å². The zero-order chi connectivity index (χ0) is 11.5. The van der Waals surface area contributed by atoms with Gasteiger partial charge < -0.3 is 12.9 Å². The number of rotatable bonds is 3. The monoisotopic (exact) mass is 252 g/mol. The number of hydrogen-bond acceptors (Lipinski definition) is 2. The molecule has 0 N–H and O–H groups in total. The number of halogens is 3. The van der Waals surface area contributed by atoms with Crippen molar-refractivity contribution in [1.82, 2.24) is 4.98 Å². The van der Waals surface area contributed by atoms with Crippen molar-refractivity contribution in [2.45, 2.75) is 19.2 Å². The van der Waals surface area contributed by atoms with Crippen LogP contribution in [0.5, 0.6) is 0 Å². The van der Waals surface area contributed by atoms with Crippen molar-refractivity contribution in [3.8, 4) is 6.07 Å². The van der Waals surface area contributed by atoms with E-state index in [1.54, 1.807) is 6.92 Å². The number of pyridine rings is 1. The Kier molecular flexibility index (Phi) is 6.82. The third-order valence-electron chi connectivity index (χ3n) is 1.95. The van der Waals surface area contributed by atoms with Gasteiger partial charge in [-0.15, -0.1) is 0 Å². The van der Waals surface area contributed by atoms with E-state index >= 15 is 0 Å². The van der Waals surface area contributed by atoms with Crippen LogP contribution >= 0.6 is 0 Å². The summed E-state index contributed by atoms with van der Waals surface area (Å²) >= 11 is 0. The van der Waals surface area contributed by atoms with Crippen molar-refractivity contribution in [3.63, 3.8) is 0 Å². The molecule has 16 heavy (non-hydrogen) atoms. The number of hydrogen-bond donors (Lipinski definition) is 0. The van der Waals surface area contributed by atoms with Gasteiger partial charge in [0.1, 0.15) is 0 Å². The van der Waals surface area contributed by atoms with E-state index in [9.17, 15) is 12.9 Å². The summed E-state index contributed by atoms with van der Waals surface area (Å²) < 4.78 is 36.1. The summed E-state index contributed by atoms with van der Waals surface area (Å²) in [5.74, 6) is -0.393. The van der Waals surface area contributed by atoms with E-state index in [1.165, 1.54) is 18.3 Å². The van der Waals surface area contributed by atoms with Crippen molar-refractivity contribution in [3.05, 3.63) is 29.6 Å². The Labute approximate surface area is 135 Å². The quantitative estimate of drug-likeness (QED) is 0.689. The molecule has 0 aliphatic heterocycles. The summed E-state index contributed by atoms with van der Waals surface area (Å²) in [4.78, 5) is 3.82. The van der Waals surface area contributed by atoms with Crippen molar-refractivity contribution >= 4 is 6.98 Å². The molecule has 80 valence electrons. The smallest absolute Gasteiger partial charge is 0.449 e. The predicted octanol–water partition coefficient (Wildman–Crippen LogP) is -0.358. The normalized spacial score (nSPS) is 12.4. The van der Waals surface area contributed by atoms with E-state index in [1.807, 2.05) is 6.07 Å². The minimum atomic E-state index is -4.82. The minimum Gasteiger partial charge on any atom is -0.449 e. The second-order valence-corrected chi connectivity index (χ2v) is 3.36. The number of aromatic nitrogens is 1. The Morgan fingerprint density at radius 2 is 2.06 bits per heavy atom. The minimum absolute atomic E-state index is 0. The van der Waals surface area contributed by atoms with E-state index in [0.29, 0.717) is 5.69 Å². The largest absolute Gasteiger partial charge is 1.00 e. The van der Waals surface area contributed by atoms with Gasteiger partial charge in [0.25, 0.3) is 0 Å². The van der Waals surface area contributed by atoms with Crippen LogP contribution in [-0.4, -0.2) is 12.0 Å². The van der Waals surface area contributed by atoms with E-state index in [4.69, 9.17) is 5.26 Å². The second kappa shape index (κ2) is 6.77. The first kappa shape index (κ1) is 16.1. The summed E-state index contributed by atoms with van der Waals surface area (Å²) in [7, 11) is 0. The van der Waals surface area contributed by atoms with Gasteiger partial charge in [-0.25, -0.2) is 0 Å². The van der Waals surface area contributed by atoms with Gasteiger partial charge in [0, 0.05) is 6.20 Å².